The first kappa shape index (κ1) is 6.74. The molecule has 1 radical (unpaired) electrons. The van der Waals surface area contributed by atoms with Gasteiger partial charge in [0.2, 0.25) is 0 Å². The molecule has 0 spiro atoms. The highest BCUT2D eigenvalue weighted by Crippen LogP contribution is 2.10. The molecule has 0 saturated carbocycles. The van der Waals surface area contributed by atoms with Crippen molar-refractivity contribution in [3.63, 3.8) is 0 Å². The summed E-state index contributed by atoms with van der Waals surface area (Å²) in [5, 5.41) is 26.6. The first-order valence-electron chi connectivity index (χ1n) is 2.83. The van der Waals surface area contributed by atoms with E-state index in [4.69, 9.17) is 15.3 Å². The fourth-order valence-electron chi connectivity index (χ4n) is 0.756. The molecule has 9 heavy (non-hydrogen) atoms. The molecular formula is C6H9O3. The van der Waals surface area contributed by atoms with Crippen molar-refractivity contribution >= 4 is 0 Å². The van der Waals surface area contributed by atoms with Gasteiger partial charge in [0.15, 0.2) is 0 Å². The molecule has 0 fully saturated rings. The molecule has 0 aromatic carbocycles. The van der Waals surface area contributed by atoms with Gasteiger partial charge in [-0.25, -0.2) is 0 Å². The number of hydrogen-bond donors (Lipinski definition) is 3. The summed E-state index contributed by atoms with van der Waals surface area (Å²) < 4.78 is 0. The van der Waals surface area contributed by atoms with Gasteiger partial charge < -0.3 is 15.3 Å². The van der Waals surface area contributed by atoms with Gasteiger partial charge in [-0.15, -0.1) is 0 Å². The predicted octanol–water partition coefficient (Wildman–Crippen LogP) is -1.17. The third-order valence-corrected chi connectivity index (χ3v) is 1.36. The van der Waals surface area contributed by atoms with Crippen molar-refractivity contribution in [2.75, 3.05) is 0 Å². The molecule has 51 valence electrons. The third-order valence-electron chi connectivity index (χ3n) is 1.36. The van der Waals surface area contributed by atoms with Crippen LogP contribution in [0.3, 0.4) is 0 Å². The van der Waals surface area contributed by atoms with E-state index in [1.54, 1.807) is 0 Å². The van der Waals surface area contributed by atoms with Gasteiger partial charge in [-0.05, 0) is 12.2 Å². The smallest absolute Gasteiger partial charge is 0.110 e. The van der Waals surface area contributed by atoms with Gasteiger partial charge in [0, 0.05) is 6.42 Å². The highest BCUT2D eigenvalue weighted by Gasteiger charge is 2.24. The lowest BCUT2D eigenvalue weighted by atomic mass is 9.99. The number of aliphatic hydroxyl groups is 3. The van der Waals surface area contributed by atoms with E-state index in [1.165, 1.54) is 6.08 Å². The molecular weight excluding hydrogens is 120 g/mol. The predicted molar refractivity (Wildman–Crippen MR) is 30.5 cm³/mol. The van der Waals surface area contributed by atoms with Gasteiger partial charge in [-0.2, -0.15) is 0 Å². The SMILES string of the molecule is O[C@@H]1[C@H](O)C=[C]C[C@H]1O. The van der Waals surface area contributed by atoms with Crippen LogP contribution in [0, 0.1) is 6.08 Å². The maximum absolute atomic E-state index is 8.87. The van der Waals surface area contributed by atoms with Crippen molar-refractivity contribution in [1.82, 2.24) is 0 Å². The largest absolute Gasteiger partial charge is 0.390 e. The Balaban J connectivity index is 2.58. The molecule has 0 aliphatic heterocycles. The normalized spacial score (nSPS) is 43.2. The second-order valence-corrected chi connectivity index (χ2v) is 2.12. The summed E-state index contributed by atoms with van der Waals surface area (Å²) >= 11 is 0. The summed E-state index contributed by atoms with van der Waals surface area (Å²) in [6.45, 7) is 0. The minimum Gasteiger partial charge on any atom is -0.390 e. The molecule has 0 bridgehead atoms. The van der Waals surface area contributed by atoms with Crippen LogP contribution in [-0.2, 0) is 0 Å². The fraction of sp³-hybridized carbons (Fsp3) is 0.667. The summed E-state index contributed by atoms with van der Waals surface area (Å²) in [6, 6.07) is 0. The van der Waals surface area contributed by atoms with Crippen LogP contribution in [0.5, 0.6) is 0 Å². The average molecular weight is 129 g/mol. The summed E-state index contributed by atoms with van der Waals surface area (Å²) in [5.74, 6) is 0. The molecule has 3 heteroatoms. The van der Waals surface area contributed by atoms with E-state index in [0.29, 0.717) is 6.42 Å². The van der Waals surface area contributed by atoms with Crippen LogP contribution in [0.1, 0.15) is 6.42 Å². The fourth-order valence-corrected chi connectivity index (χ4v) is 0.756. The Morgan fingerprint density at radius 3 is 2.44 bits per heavy atom. The van der Waals surface area contributed by atoms with E-state index in [9.17, 15) is 0 Å². The molecule has 1 aliphatic carbocycles. The molecule has 1 aliphatic rings. The Morgan fingerprint density at radius 2 is 2.00 bits per heavy atom. The summed E-state index contributed by atoms with van der Waals surface area (Å²) in [7, 11) is 0. The van der Waals surface area contributed by atoms with Gasteiger partial charge in [0.25, 0.3) is 0 Å². The maximum Gasteiger partial charge on any atom is 0.110 e. The van der Waals surface area contributed by atoms with Crippen molar-refractivity contribution in [3.8, 4) is 0 Å². The van der Waals surface area contributed by atoms with E-state index >= 15 is 0 Å². The van der Waals surface area contributed by atoms with Crippen LogP contribution in [-0.4, -0.2) is 33.6 Å². The summed E-state index contributed by atoms with van der Waals surface area (Å²) in [6.07, 6.45) is 1.45. The molecule has 0 unspecified atom stereocenters. The highest BCUT2D eigenvalue weighted by atomic mass is 16.4. The minimum absolute atomic E-state index is 0.304. The Kier molecular flexibility index (Phi) is 1.85. The zero-order valence-electron chi connectivity index (χ0n) is 4.86. The lowest BCUT2D eigenvalue weighted by Crippen LogP contribution is -2.38. The van der Waals surface area contributed by atoms with E-state index in [2.05, 4.69) is 6.08 Å². The van der Waals surface area contributed by atoms with Crippen LogP contribution < -0.4 is 0 Å². The number of hydrogen-bond acceptors (Lipinski definition) is 3. The van der Waals surface area contributed by atoms with E-state index in [-0.39, 0.29) is 0 Å². The lowest BCUT2D eigenvalue weighted by molar-refractivity contribution is -0.0467. The molecule has 3 nitrogen and oxygen atoms in total. The van der Waals surface area contributed by atoms with Crippen molar-refractivity contribution < 1.29 is 15.3 Å². The van der Waals surface area contributed by atoms with Crippen molar-refractivity contribution in [2.24, 2.45) is 0 Å². The lowest BCUT2D eigenvalue weighted by Gasteiger charge is -2.22. The monoisotopic (exact) mass is 129 g/mol. The van der Waals surface area contributed by atoms with Crippen LogP contribution >= 0.6 is 0 Å². The van der Waals surface area contributed by atoms with Crippen LogP contribution in [0.15, 0.2) is 6.08 Å². The second-order valence-electron chi connectivity index (χ2n) is 2.12. The molecule has 1 rings (SSSR count). The molecule has 0 amide bonds. The van der Waals surface area contributed by atoms with E-state index in [1.807, 2.05) is 0 Å². The zero-order valence-corrected chi connectivity index (χ0v) is 4.86. The van der Waals surface area contributed by atoms with Gasteiger partial charge >= 0.3 is 0 Å². The summed E-state index contributed by atoms with van der Waals surface area (Å²) in [5.41, 5.74) is 0. The number of rotatable bonds is 0. The molecule has 0 aromatic heterocycles. The van der Waals surface area contributed by atoms with Crippen molar-refractivity contribution in [2.45, 2.75) is 24.7 Å². The van der Waals surface area contributed by atoms with Crippen molar-refractivity contribution in [1.29, 1.82) is 0 Å². The molecule has 3 N–H and O–H groups in total. The van der Waals surface area contributed by atoms with Gasteiger partial charge in [0.1, 0.15) is 12.2 Å². The van der Waals surface area contributed by atoms with Crippen molar-refractivity contribution in [3.05, 3.63) is 12.2 Å². The van der Waals surface area contributed by atoms with Gasteiger partial charge in [0.05, 0.1) is 6.10 Å². The first-order chi connectivity index (χ1) is 4.22. The number of aliphatic hydroxyl groups excluding tert-OH is 3. The Labute approximate surface area is 53.3 Å². The first-order valence-corrected chi connectivity index (χ1v) is 2.83. The average Bonchev–Trinajstić information content (AvgIpc) is 1.83. The van der Waals surface area contributed by atoms with Crippen LogP contribution in [0.2, 0.25) is 0 Å². The highest BCUT2D eigenvalue weighted by molar-refractivity contribution is 4.97. The topological polar surface area (TPSA) is 60.7 Å². The van der Waals surface area contributed by atoms with Crippen LogP contribution in [0.25, 0.3) is 0 Å². The standard InChI is InChI=1S/C6H9O3/c7-4-2-1-3-5(8)6(4)9/h2,4-9H,3H2/t4-,5-,6-/m1/s1. The zero-order chi connectivity index (χ0) is 6.85. The molecule has 3 atom stereocenters. The van der Waals surface area contributed by atoms with E-state index in [0.717, 1.165) is 0 Å². The molecule has 0 heterocycles. The van der Waals surface area contributed by atoms with Gasteiger partial charge in [-0.3, -0.25) is 0 Å². The minimum atomic E-state index is -1.04. The Bertz CT molecular complexity index is 121. The summed E-state index contributed by atoms with van der Waals surface area (Å²) in [4.78, 5) is 0. The van der Waals surface area contributed by atoms with Crippen LogP contribution in [0.4, 0.5) is 0 Å². The second kappa shape index (κ2) is 2.47. The third kappa shape index (κ3) is 1.30. The Morgan fingerprint density at radius 1 is 1.33 bits per heavy atom. The molecule has 0 aromatic rings. The maximum atomic E-state index is 8.87. The molecule has 0 saturated heterocycles. The van der Waals surface area contributed by atoms with Gasteiger partial charge in [-0.1, -0.05) is 0 Å². The quantitative estimate of drug-likeness (QED) is 0.386. The Hall–Kier alpha value is -0.380. The van der Waals surface area contributed by atoms with E-state index < -0.39 is 18.3 Å².